The fourth-order valence-electron chi connectivity index (χ4n) is 2.44. The summed E-state index contributed by atoms with van der Waals surface area (Å²) in [4.78, 5) is 12.4. The lowest BCUT2D eigenvalue weighted by molar-refractivity contribution is -0.115. The van der Waals surface area contributed by atoms with E-state index in [2.05, 4.69) is 21.2 Å². The van der Waals surface area contributed by atoms with Crippen LogP contribution in [0.25, 0.3) is 0 Å². The Morgan fingerprint density at radius 2 is 1.72 bits per heavy atom. The van der Waals surface area contributed by atoms with Gasteiger partial charge < -0.3 is 5.32 Å². The van der Waals surface area contributed by atoms with Crippen molar-refractivity contribution >= 4 is 37.5 Å². The summed E-state index contributed by atoms with van der Waals surface area (Å²) in [6.07, 6.45) is 0.223. The van der Waals surface area contributed by atoms with Crippen LogP contribution >= 0.6 is 15.9 Å². The smallest absolute Gasteiger partial charge is 0.243 e. The van der Waals surface area contributed by atoms with E-state index in [1.165, 1.54) is 16.4 Å². The van der Waals surface area contributed by atoms with E-state index in [4.69, 9.17) is 0 Å². The first kappa shape index (κ1) is 19.6. The normalized spacial score (nSPS) is 11.5. The summed E-state index contributed by atoms with van der Waals surface area (Å²) < 4.78 is 27.5. The predicted molar refractivity (Wildman–Crippen MR) is 103 cm³/mol. The molecule has 5 nitrogen and oxygen atoms in total. The van der Waals surface area contributed by atoms with E-state index in [-0.39, 0.29) is 17.2 Å². The third-order valence-electron chi connectivity index (χ3n) is 3.74. The van der Waals surface area contributed by atoms with Gasteiger partial charge in [-0.05, 0) is 35.9 Å². The number of amides is 1. The Morgan fingerprint density at radius 3 is 2.32 bits per heavy atom. The Labute approximate surface area is 157 Å². The molecule has 0 spiro atoms. The average molecular weight is 425 g/mol. The molecule has 1 amide bonds. The van der Waals surface area contributed by atoms with Crippen LogP contribution in [0.4, 0.5) is 5.69 Å². The van der Waals surface area contributed by atoms with Crippen molar-refractivity contribution in [1.29, 1.82) is 0 Å². The summed E-state index contributed by atoms with van der Waals surface area (Å²) in [7, 11) is -3.55. The van der Waals surface area contributed by atoms with Gasteiger partial charge in [0, 0.05) is 23.2 Å². The summed E-state index contributed by atoms with van der Waals surface area (Å²) >= 11 is 3.35. The van der Waals surface area contributed by atoms with Crippen molar-refractivity contribution in [3.8, 4) is 0 Å². The number of benzene rings is 2. The summed E-state index contributed by atoms with van der Waals surface area (Å²) in [5.41, 5.74) is 1.35. The maximum absolute atomic E-state index is 12.6. The Hall–Kier alpha value is -1.70. The lowest BCUT2D eigenvalue weighted by Crippen LogP contribution is -2.30. The van der Waals surface area contributed by atoms with E-state index in [1.807, 2.05) is 24.3 Å². The largest absolute Gasteiger partial charge is 0.326 e. The second kappa shape index (κ2) is 8.60. The SMILES string of the molecule is CCN(CC)S(=O)(=O)c1cccc(NC(=O)Cc2ccc(Br)cc2)c1. The molecular formula is C18H21BrN2O3S. The molecule has 7 heteroatoms. The van der Waals surface area contributed by atoms with Gasteiger partial charge in [0.15, 0.2) is 0 Å². The number of carbonyl (C=O) groups excluding carboxylic acids is 1. The fraction of sp³-hybridized carbons (Fsp3) is 0.278. The first-order valence-electron chi connectivity index (χ1n) is 8.01. The van der Waals surface area contributed by atoms with Crippen LogP contribution in [0.3, 0.4) is 0 Å². The number of rotatable bonds is 7. The van der Waals surface area contributed by atoms with Crippen LogP contribution in [-0.4, -0.2) is 31.7 Å². The van der Waals surface area contributed by atoms with Gasteiger partial charge in [-0.15, -0.1) is 0 Å². The Morgan fingerprint density at radius 1 is 1.08 bits per heavy atom. The number of carbonyl (C=O) groups is 1. The topological polar surface area (TPSA) is 66.5 Å². The minimum atomic E-state index is -3.55. The van der Waals surface area contributed by atoms with E-state index in [0.29, 0.717) is 18.8 Å². The van der Waals surface area contributed by atoms with E-state index < -0.39 is 10.0 Å². The number of anilines is 1. The number of nitrogens with one attached hydrogen (secondary N) is 1. The first-order valence-corrected chi connectivity index (χ1v) is 10.2. The van der Waals surface area contributed by atoms with Crippen LogP contribution in [0.2, 0.25) is 0 Å². The summed E-state index contributed by atoms with van der Waals surface area (Å²) in [5, 5.41) is 2.76. The van der Waals surface area contributed by atoms with Crippen LogP contribution in [0.5, 0.6) is 0 Å². The molecule has 0 aliphatic carbocycles. The molecule has 0 saturated carbocycles. The molecule has 0 bridgehead atoms. The van der Waals surface area contributed by atoms with Crippen LogP contribution in [0.1, 0.15) is 19.4 Å². The molecule has 0 aliphatic heterocycles. The van der Waals surface area contributed by atoms with E-state index >= 15 is 0 Å². The highest BCUT2D eigenvalue weighted by molar-refractivity contribution is 9.10. The first-order chi connectivity index (χ1) is 11.9. The zero-order valence-corrected chi connectivity index (χ0v) is 16.6. The second-order valence-electron chi connectivity index (χ2n) is 5.47. The molecule has 0 heterocycles. The third-order valence-corrected chi connectivity index (χ3v) is 6.31. The average Bonchev–Trinajstić information content (AvgIpc) is 2.58. The molecule has 2 aromatic carbocycles. The van der Waals surface area contributed by atoms with Crippen LogP contribution in [0.15, 0.2) is 57.9 Å². The molecular weight excluding hydrogens is 404 g/mol. The summed E-state index contributed by atoms with van der Waals surface area (Å²) in [6, 6.07) is 13.8. The van der Waals surface area contributed by atoms with Crippen molar-refractivity contribution in [2.45, 2.75) is 25.2 Å². The molecule has 2 rings (SSSR count). The second-order valence-corrected chi connectivity index (χ2v) is 8.32. The van der Waals surface area contributed by atoms with Crippen LogP contribution in [0, 0.1) is 0 Å². The van der Waals surface area contributed by atoms with Gasteiger partial charge in [-0.2, -0.15) is 4.31 Å². The maximum Gasteiger partial charge on any atom is 0.243 e. The minimum Gasteiger partial charge on any atom is -0.326 e. The van der Waals surface area contributed by atoms with Crippen LogP contribution in [-0.2, 0) is 21.2 Å². The Balaban J connectivity index is 2.13. The molecule has 0 radical (unpaired) electrons. The van der Waals surface area contributed by atoms with Gasteiger partial charge in [-0.25, -0.2) is 8.42 Å². The third kappa shape index (κ3) is 5.14. The number of nitrogens with zero attached hydrogens (tertiary/aromatic N) is 1. The van der Waals surface area contributed by atoms with Gasteiger partial charge in [0.25, 0.3) is 0 Å². The van der Waals surface area contributed by atoms with E-state index in [0.717, 1.165) is 10.0 Å². The number of sulfonamides is 1. The summed E-state index contributed by atoms with van der Waals surface area (Å²) in [6.45, 7) is 4.40. The highest BCUT2D eigenvalue weighted by Crippen LogP contribution is 2.20. The molecule has 0 fully saturated rings. The summed E-state index contributed by atoms with van der Waals surface area (Å²) in [5.74, 6) is -0.195. The standard InChI is InChI=1S/C18H21BrN2O3S/c1-3-21(4-2)25(23,24)17-7-5-6-16(13-17)20-18(22)12-14-8-10-15(19)11-9-14/h5-11,13H,3-4,12H2,1-2H3,(H,20,22). The molecule has 1 N–H and O–H groups in total. The van der Waals surface area contributed by atoms with E-state index in [1.54, 1.807) is 26.0 Å². The van der Waals surface area contributed by atoms with Crippen molar-refractivity contribution in [3.05, 3.63) is 58.6 Å². The zero-order valence-electron chi connectivity index (χ0n) is 14.2. The van der Waals surface area contributed by atoms with Crippen molar-refractivity contribution in [2.24, 2.45) is 0 Å². The maximum atomic E-state index is 12.6. The number of hydrogen-bond acceptors (Lipinski definition) is 3. The molecule has 0 aliphatic rings. The van der Waals surface area contributed by atoms with Crippen molar-refractivity contribution in [1.82, 2.24) is 4.31 Å². The van der Waals surface area contributed by atoms with Gasteiger partial charge in [0.2, 0.25) is 15.9 Å². The lowest BCUT2D eigenvalue weighted by atomic mass is 10.1. The number of halogens is 1. The van der Waals surface area contributed by atoms with Gasteiger partial charge >= 0.3 is 0 Å². The number of hydrogen-bond donors (Lipinski definition) is 1. The monoisotopic (exact) mass is 424 g/mol. The zero-order chi connectivity index (χ0) is 18.4. The van der Waals surface area contributed by atoms with Crippen molar-refractivity contribution in [2.75, 3.05) is 18.4 Å². The predicted octanol–water partition coefficient (Wildman–Crippen LogP) is 3.66. The molecule has 0 unspecified atom stereocenters. The molecule has 134 valence electrons. The molecule has 0 atom stereocenters. The molecule has 0 aromatic heterocycles. The Bertz CT molecular complexity index is 832. The highest BCUT2D eigenvalue weighted by Gasteiger charge is 2.21. The molecule has 2 aromatic rings. The molecule has 0 saturated heterocycles. The van der Waals surface area contributed by atoms with Gasteiger partial charge in [-0.1, -0.05) is 48.0 Å². The van der Waals surface area contributed by atoms with Crippen molar-refractivity contribution < 1.29 is 13.2 Å². The van der Waals surface area contributed by atoms with Gasteiger partial charge in [-0.3, -0.25) is 4.79 Å². The van der Waals surface area contributed by atoms with Crippen LogP contribution < -0.4 is 5.32 Å². The lowest BCUT2D eigenvalue weighted by Gasteiger charge is -2.18. The minimum absolute atomic E-state index is 0.178. The van der Waals surface area contributed by atoms with Crippen molar-refractivity contribution in [3.63, 3.8) is 0 Å². The van der Waals surface area contributed by atoms with Gasteiger partial charge in [0.05, 0.1) is 11.3 Å². The van der Waals surface area contributed by atoms with E-state index in [9.17, 15) is 13.2 Å². The fourth-order valence-corrected chi connectivity index (χ4v) is 4.21. The highest BCUT2D eigenvalue weighted by atomic mass is 79.9. The van der Waals surface area contributed by atoms with Gasteiger partial charge in [0.1, 0.15) is 0 Å². The quantitative estimate of drug-likeness (QED) is 0.737. The molecule has 25 heavy (non-hydrogen) atoms. The Kier molecular flexibility index (Phi) is 6.75.